The highest BCUT2D eigenvalue weighted by Gasteiger charge is 2.30. The van der Waals surface area contributed by atoms with E-state index in [1.807, 2.05) is 0 Å². The van der Waals surface area contributed by atoms with Crippen molar-refractivity contribution in [1.29, 1.82) is 0 Å². The monoisotopic (exact) mass is 354 g/mol. The van der Waals surface area contributed by atoms with Crippen LogP contribution in [-0.2, 0) is 0 Å². The van der Waals surface area contributed by atoms with Gasteiger partial charge in [-0.2, -0.15) is 0 Å². The normalized spacial score (nSPS) is 17.4. The van der Waals surface area contributed by atoms with E-state index in [1.165, 1.54) is 0 Å². The van der Waals surface area contributed by atoms with Crippen LogP contribution in [0.3, 0.4) is 0 Å². The van der Waals surface area contributed by atoms with Gasteiger partial charge in [-0.15, -0.1) is 0 Å². The van der Waals surface area contributed by atoms with Crippen LogP contribution >= 0.6 is 11.6 Å². The summed E-state index contributed by atoms with van der Waals surface area (Å²) in [4.78, 5) is 29.3. The maximum atomic E-state index is 12.7. The van der Waals surface area contributed by atoms with Gasteiger partial charge in [0.05, 0.1) is 11.1 Å². The van der Waals surface area contributed by atoms with Crippen LogP contribution in [0.15, 0.2) is 4.79 Å². The van der Waals surface area contributed by atoms with Crippen molar-refractivity contribution in [2.45, 2.75) is 53.1 Å². The number of aliphatic hydroxyl groups is 1. The Kier molecular flexibility index (Phi) is 6.10. The van der Waals surface area contributed by atoms with Gasteiger partial charge in [0.1, 0.15) is 5.56 Å². The molecule has 1 fully saturated rings. The third kappa shape index (κ3) is 4.01. The number of rotatable bonds is 4. The molecular formula is C18H27ClN2O3. The first-order valence-electron chi connectivity index (χ1n) is 8.58. The van der Waals surface area contributed by atoms with Gasteiger partial charge in [0.15, 0.2) is 0 Å². The van der Waals surface area contributed by atoms with Crippen molar-refractivity contribution in [3.8, 4) is 0 Å². The van der Waals surface area contributed by atoms with Gasteiger partial charge < -0.3 is 15.0 Å². The predicted molar refractivity (Wildman–Crippen MR) is 95.6 cm³/mol. The molecule has 2 N–H and O–H groups in total. The van der Waals surface area contributed by atoms with Crippen LogP contribution in [0.5, 0.6) is 0 Å². The van der Waals surface area contributed by atoms with Crippen molar-refractivity contribution >= 4 is 17.5 Å². The number of aliphatic hydroxyl groups excluding tert-OH is 1. The number of pyridine rings is 1. The number of aromatic amines is 1. The molecule has 0 aromatic carbocycles. The summed E-state index contributed by atoms with van der Waals surface area (Å²) in [6, 6.07) is 0. The molecule has 1 aromatic rings. The lowest BCUT2D eigenvalue weighted by Crippen LogP contribution is -2.43. The topological polar surface area (TPSA) is 73.4 Å². The molecule has 0 saturated carbocycles. The Labute approximate surface area is 148 Å². The maximum Gasteiger partial charge on any atom is 0.261 e. The molecule has 5 nitrogen and oxygen atoms in total. The summed E-state index contributed by atoms with van der Waals surface area (Å²) in [7, 11) is 0. The number of carbonyl (C=O) groups is 1. The minimum atomic E-state index is -0.388. The van der Waals surface area contributed by atoms with Crippen LogP contribution in [-0.4, -0.2) is 40.1 Å². The van der Waals surface area contributed by atoms with Gasteiger partial charge in [0.2, 0.25) is 0 Å². The van der Waals surface area contributed by atoms with Crippen molar-refractivity contribution < 1.29 is 9.90 Å². The number of aryl methyl sites for hydroxylation is 1. The summed E-state index contributed by atoms with van der Waals surface area (Å²) in [5.41, 5.74) is 0.851. The first kappa shape index (κ1) is 19.0. The molecule has 1 aliphatic heterocycles. The molecule has 1 atom stereocenters. The van der Waals surface area contributed by atoms with Crippen LogP contribution in [0.2, 0.25) is 5.02 Å². The van der Waals surface area contributed by atoms with Crippen LogP contribution in [0.25, 0.3) is 0 Å². The Hall–Kier alpha value is -1.33. The zero-order valence-electron chi connectivity index (χ0n) is 14.9. The Morgan fingerprint density at radius 3 is 2.46 bits per heavy atom. The van der Waals surface area contributed by atoms with Gasteiger partial charge in [0.25, 0.3) is 11.5 Å². The molecule has 6 heteroatoms. The fourth-order valence-electron chi connectivity index (χ4n) is 3.43. The molecule has 1 aromatic heterocycles. The molecule has 2 rings (SSSR count). The van der Waals surface area contributed by atoms with E-state index in [4.69, 9.17) is 11.6 Å². The highest BCUT2D eigenvalue weighted by molar-refractivity contribution is 6.32. The Bertz CT molecular complexity index is 661. The fourth-order valence-corrected chi connectivity index (χ4v) is 3.57. The van der Waals surface area contributed by atoms with Crippen molar-refractivity contribution in [3.05, 3.63) is 32.2 Å². The molecule has 2 heterocycles. The second-order valence-electron chi connectivity index (χ2n) is 7.22. The largest absolute Gasteiger partial charge is 0.393 e. The number of nitrogens with zero attached hydrogens (tertiary/aromatic N) is 1. The van der Waals surface area contributed by atoms with Gasteiger partial charge >= 0.3 is 0 Å². The number of amides is 1. The van der Waals surface area contributed by atoms with Gasteiger partial charge in [-0.05, 0) is 50.5 Å². The number of hydrogen-bond donors (Lipinski definition) is 2. The molecule has 1 saturated heterocycles. The first-order chi connectivity index (χ1) is 11.2. The molecule has 134 valence electrons. The first-order valence-corrected chi connectivity index (χ1v) is 8.96. The SMILES string of the molecule is Cc1[nH]c(=O)c(C(=O)N2CCC(C(O)CC(C)C)CC2)c(C)c1Cl. The molecule has 1 unspecified atom stereocenters. The van der Waals surface area contributed by atoms with Crippen LogP contribution < -0.4 is 5.56 Å². The standard InChI is InChI=1S/C18H27ClN2O3/c1-10(2)9-14(22)13-5-7-21(8-6-13)18(24)15-11(3)16(19)12(4)20-17(15)23/h10,13-14,22H,5-9H2,1-4H3,(H,20,23). The van der Waals surface area contributed by atoms with Crippen LogP contribution in [0, 0.1) is 25.7 Å². The van der Waals surface area contributed by atoms with E-state index < -0.39 is 0 Å². The number of hydrogen-bond acceptors (Lipinski definition) is 3. The van der Waals surface area contributed by atoms with E-state index in [0.717, 1.165) is 19.3 Å². The van der Waals surface area contributed by atoms with E-state index in [9.17, 15) is 14.7 Å². The third-order valence-electron chi connectivity index (χ3n) is 4.86. The zero-order valence-corrected chi connectivity index (χ0v) is 15.6. The zero-order chi connectivity index (χ0) is 18.0. The summed E-state index contributed by atoms with van der Waals surface area (Å²) in [6.45, 7) is 8.73. The molecule has 0 spiro atoms. The summed E-state index contributed by atoms with van der Waals surface area (Å²) in [5, 5.41) is 10.7. The number of nitrogens with one attached hydrogen (secondary N) is 1. The van der Waals surface area contributed by atoms with Crippen LogP contribution in [0.4, 0.5) is 0 Å². The fraction of sp³-hybridized carbons (Fsp3) is 0.667. The van der Waals surface area contributed by atoms with Gasteiger partial charge in [0, 0.05) is 18.8 Å². The van der Waals surface area contributed by atoms with Gasteiger partial charge in [-0.1, -0.05) is 25.4 Å². The lowest BCUT2D eigenvalue weighted by molar-refractivity contribution is 0.0384. The van der Waals surface area contributed by atoms with E-state index >= 15 is 0 Å². The average molecular weight is 355 g/mol. The lowest BCUT2D eigenvalue weighted by Gasteiger charge is -2.35. The summed E-state index contributed by atoms with van der Waals surface area (Å²) in [5.74, 6) is 0.403. The molecule has 24 heavy (non-hydrogen) atoms. The second kappa shape index (κ2) is 7.70. The minimum Gasteiger partial charge on any atom is -0.393 e. The van der Waals surface area contributed by atoms with E-state index in [0.29, 0.717) is 35.3 Å². The smallest absolute Gasteiger partial charge is 0.261 e. The van der Waals surface area contributed by atoms with Crippen molar-refractivity contribution in [2.24, 2.45) is 11.8 Å². The van der Waals surface area contributed by atoms with E-state index in [2.05, 4.69) is 18.8 Å². The van der Waals surface area contributed by atoms with E-state index in [-0.39, 0.29) is 29.1 Å². The Morgan fingerprint density at radius 2 is 1.92 bits per heavy atom. The predicted octanol–water partition coefficient (Wildman–Crippen LogP) is 2.90. The molecule has 1 aliphatic rings. The number of halogens is 1. The number of H-pyrrole nitrogens is 1. The maximum absolute atomic E-state index is 12.7. The van der Waals surface area contributed by atoms with E-state index in [1.54, 1.807) is 18.7 Å². The quantitative estimate of drug-likeness (QED) is 0.873. The van der Waals surface area contributed by atoms with Crippen molar-refractivity contribution in [2.75, 3.05) is 13.1 Å². The summed E-state index contributed by atoms with van der Waals surface area (Å²) in [6.07, 6.45) is 1.98. The minimum absolute atomic E-state index is 0.131. The highest BCUT2D eigenvalue weighted by atomic mass is 35.5. The molecule has 0 bridgehead atoms. The number of aromatic nitrogens is 1. The lowest BCUT2D eigenvalue weighted by atomic mass is 9.87. The van der Waals surface area contributed by atoms with Crippen molar-refractivity contribution in [3.63, 3.8) is 0 Å². The van der Waals surface area contributed by atoms with Crippen LogP contribution in [0.1, 0.15) is 54.7 Å². The summed E-state index contributed by atoms with van der Waals surface area (Å²) < 4.78 is 0. The number of likely N-dealkylation sites (tertiary alicyclic amines) is 1. The molecule has 1 amide bonds. The van der Waals surface area contributed by atoms with Gasteiger partial charge in [-0.25, -0.2) is 0 Å². The Morgan fingerprint density at radius 1 is 1.33 bits per heavy atom. The summed E-state index contributed by atoms with van der Waals surface area (Å²) >= 11 is 6.18. The average Bonchev–Trinajstić information content (AvgIpc) is 2.52. The molecule has 0 radical (unpaired) electrons. The van der Waals surface area contributed by atoms with Gasteiger partial charge in [-0.3, -0.25) is 9.59 Å². The molecular weight excluding hydrogens is 328 g/mol. The Balaban J connectivity index is 2.09. The van der Waals surface area contributed by atoms with Crippen molar-refractivity contribution in [1.82, 2.24) is 9.88 Å². The second-order valence-corrected chi connectivity index (χ2v) is 7.60. The number of carbonyl (C=O) groups excluding carboxylic acids is 1. The highest BCUT2D eigenvalue weighted by Crippen LogP contribution is 2.26. The third-order valence-corrected chi connectivity index (χ3v) is 5.43. The molecule has 0 aliphatic carbocycles. The number of piperidine rings is 1.